The third-order valence-electron chi connectivity index (χ3n) is 3.20. The monoisotopic (exact) mass is 300 g/mol. The number of benzene rings is 1. The molecule has 0 aliphatic carbocycles. The molecule has 0 amide bonds. The van der Waals surface area contributed by atoms with E-state index in [0.29, 0.717) is 22.4 Å². The molecule has 1 atom stereocenters. The Balaban J connectivity index is 1.96. The van der Waals surface area contributed by atoms with E-state index in [9.17, 15) is 0 Å². The number of rotatable bonds is 3. The van der Waals surface area contributed by atoms with Gasteiger partial charge in [-0.25, -0.2) is 0 Å². The Morgan fingerprint density at radius 1 is 1.14 bits per heavy atom. The minimum absolute atomic E-state index is 0.334. The molecule has 2 heterocycles. The van der Waals surface area contributed by atoms with Crippen molar-refractivity contribution < 1.29 is 4.52 Å². The van der Waals surface area contributed by atoms with Gasteiger partial charge in [0.2, 0.25) is 5.82 Å². The van der Waals surface area contributed by atoms with Gasteiger partial charge >= 0.3 is 0 Å². The minimum Gasteiger partial charge on any atom is -0.336 e. The molecule has 3 aromatic rings. The summed E-state index contributed by atoms with van der Waals surface area (Å²) in [6.45, 7) is 1.83. The first-order chi connectivity index (χ1) is 10.1. The van der Waals surface area contributed by atoms with Gasteiger partial charge in [0.05, 0.1) is 5.02 Å². The molecule has 1 unspecified atom stereocenters. The highest BCUT2D eigenvalue weighted by molar-refractivity contribution is 6.30. The molecule has 21 heavy (non-hydrogen) atoms. The van der Waals surface area contributed by atoms with Gasteiger partial charge in [-0.3, -0.25) is 4.98 Å². The van der Waals surface area contributed by atoms with Crippen molar-refractivity contribution in [2.24, 2.45) is 5.73 Å². The molecule has 0 saturated carbocycles. The van der Waals surface area contributed by atoms with Crippen LogP contribution >= 0.6 is 11.6 Å². The van der Waals surface area contributed by atoms with Crippen molar-refractivity contribution in [3.8, 4) is 11.5 Å². The van der Waals surface area contributed by atoms with Crippen molar-refractivity contribution in [1.82, 2.24) is 15.1 Å². The summed E-state index contributed by atoms with van der Waals surface area (Å²) in [5.74, 6) is 0.717. The first kappa shape index (κ1) is 13.7. The van der Waals surface area contributed by atoms with E-state index in [1.165, 1.54) is 6.20 Å². The fraction of sp³-hybridized carbons (Fsp3) is 0.133. The van der Waals surface area contributed by atoms with Crippen molar-refractivity contribution >= 4 is 11.6 Å². The lowest BCUT2D eigenvalue weighted by Crippen LogP contribution is -2.34. The topological polar surface area (TPSA) is 77.8 Å². The fourth-order valence-electron chi connectivity index (χ4n) is 1.95. The number of hydrogen-bond acceptors (Lipinski definition) is 5. The zero-order chi connectivity index (χ0) is 14.9. The number of nitrogens with zero attached hydrogens (tertiary/aromatic N) is 3. The highest BCUT2D eigenvalue weighted by Gasteiger charge is 2.30. The molecule has 0 spiro atoms. The van der Waals surface area contributed by atoms with Crippen LogP contribution in [-0.2, 0) is 5.54 Å². The van der Waals surface area contributed by atoms with E-state index in [2.05, 4.69) is 15.1 Å². The van der Waals surface area contributed by atoms with Gasteiger partial charge in [0.15, 0.2) is 0 Å². The highest BCUT2D eigenvalue weighted by atomic mass is 35.5. The number of halogens is 1. The average Bonchev–Trinajstić information content (AvgIpc) is 2.99. The van der Waals surface area contributed by atoms with Crippen LogP contribution < -0.4 is 5.73 Å². The van der Waals surface area contributed by atoms with Crippen LogP contribution in [0.25, 0.3) is 11.5 Å². The Bertz CT molecular complexity index is 738. The van der Waals surface area contributed by atoms with E-state index in [1.54, 1.807) is 12.1 Å². The van der Waals surface area contributed by atoms with Crippen LogP contribution in [0.3, 0.4) is 0 Å². The van der Waals surface area contributed by atoms with Crippen LogP contribution in [0.5, 0.6) is 0 Å². The van der Waals surface area contributed by atoms with E-state index in [-0.39, 0.29) is 0 Å². The summed E-state index contributed by atoms with van der Waals surface area (Å²) < 4.78 is 5.31. The van der Waals surface area contributed by atoms with Crippen LogP contribution in [0.2, 0.25) is 5.02 Å². The van der Waals surface area contributed by atoms with Crippen LogP contribution in [0.1, 0.15) is 18.4 Å². The predicted molar refractivity (Wildman–Crippen MR) is 79.6 cm³/mol. The van der Waals surface area contributed by atoms with E-state index in [4.69, 9.17) is 21.9 Å². The van der Waals surface area contributed by atoms with Crippen LogP contribution in [0.4, 0.5) is 0 Å². The second-order valence-corrected chi connectivity index (χ2v) is 5.29. The maximum Gasteiger partial charge on any atom is 0.251 e. The first-order valence-electron chi connectivity index (χ1n) is 6.38. The molecule has 0 aliphatic rings. The smallest absolute Gasteiger partial charge is 0.251 e. The highest BCUT2D eigenvalue weighted by Crippen LogP contribution is 2.26. The quantitative estimate of drug-likeness (QED) is 0.804. The van der Waals surface area contributed by atoms with Gasteiger partial charge in [-0.1, -0.05) is 47.1 Å². The van der Waals surface area contributed by atoms with Crippen LogP contribution in [0.15, 0.2) is 53.2 Å². The van der Waals surface area contributed by atoms with Crippen molar-refractivity contribution in [3.05, 3.63) is 65.1 Å². The van der Waals surface area contributed by atoms with E-state index in [0.717, 1.165) is 5.56 Å². The zero-order valence-corrected chi connectivity index (χ0v) is 12.1. The third kappa shape index (κ3) is 2.66. The number of pyridine rings is 1. The maximum atomic E-state index is 6.34. The predicted octanol–water partition coefficient (Wildman–Crippen LogP) is 3.01. The average molecular weight is 301 g/mol. The molecule has 0 fully saturated rings. The van der Waals surface area contributed by atoms with Crippen molar-refractivity contribution in [3.63, 3.8) is 0 Å². The van der Waals surface area contributed by atoms with Gasteiger partial charge in [-0.05, 0) is 24.6 Å². The molecule has 106 valence electrons. The second-order valence-electron chi connectivity index (χ2n) is 4.85. The van der Waals surface area contributed by atoms with E-state index >= 15 is 0 Å². The van der Waals surface area contributed by atoms with E-state index < -0.39 is 5.54 Å². The summed E-state index contributed by atoms with van der Waals surface area (Å²) >= 11 is 5.81. The molecule has 0 bridgehead atoms. The van der Waals surface area contributed by atoms with Gasteiger partial charge in [-0.15, -0.1) is 0 Å². The SMILES string of the molecule is CC(N)(c1ccccc1)c1nc(-c2ccc(Cl)cn2)no1. The lowest BCUT2D eigenvalue weighted by atomic mass is 9.93. The Kier molecular flexibility index (Phi) is 3.45. The number of nitrogens with two attached hydrogens (primary N) is 1. The van der Waals surface area contributed by atoms with Crippen molar-refractivity contribution in [2.75, 3.05) is 0 Å². The van der Waals surface area contributed by atoms with Gasteiger partial charge in [0, 0.05) is 6.20 Å². The Hall–Kier alpha value is -2.24. The van der Waals surface area contributed by atoms with Crippen molar-refractivity contribution in [1.29, 1.82) is 0 Å². The molecule has 0 aliphatic heterocycles. The van der Waals surface area contributed by atoms with Gasteiger partial charge in [-0.2, -0.15) is 4.98 Å². The molecule has 6 heteroatoms. The molecule has 3 rings (SSSR count). The van der Waals surface area contributed by atoms with Gasteiger partial charge in [0.25, 0.3) is 5.89 Å². The molecule has 5 nitrogen and oxygen atoms in total. The van der Waals surface area contributed by atoms with Gasteiger partial charge < -0.3 is 10.3 Å². The molecular weight excluding hydrogens is 288 g/mol. The fourth-order valence-corrected chi connectivity index (χ4v) is 2.07. The van der Waals surface area contributed by atoms with Gasteiger partial charge in [0.1, 0.15) is 11.2 Å². The first-order valence-corrected chi connectivity index (χ1v) is 6.75. The summed E-state index contributed by atoms with van der Waals surface area (Å²) in [7, 11) is 0. The molecule has 2 aromatic heterocycles. The zero-order valence-electron chi connectivity index (χ0n) is 11.3. The normalized spacial score (nSPS) is 13.9. The minimum atomic E-state index is -0.862. The molecule has 0 radical (unpaired) electrons. The van der Waals surface area contributed by atoms with Crippen LogP contribution in [-0.4, -0.2) is 15.1 Å². The number of aromatic nitrogens is 3. The largest absolute Gasteiger partial charge is 0.336 e. The number of hydrogen-bond donors (Lipinski definition) is 1. The molecule has 1 aromatic carbocycles. The van der Waals surface area contributed by atoms with Crippen LogP contribution in [0, 0.1) is 0 Å². The molecular formula is C15H13ClN4O. The summed E-state index contributed by atoms with van der Waals surface area (Å²) in [5, 5.41) is 4.49. The second kappa shape index (κ2) is 5.27. The van der Waals surface area contributed by atoms with E-state index in [1.807, 2.05) is 37.3 Å². The molecule has 2 N–H and O–H groups in total. The maximum absolute atomic E-state index is 6.34. The Morgan fingerprint density at radius 2 is 1.90 bits per heavy atom. The summed E-state index contributed by atoms with van der Waals surface area (Å²) in [6, 6.07) is 13.0. The summed E-state index contributed by atoms with van der Waals surface area (Å²) in [6.07, 6.45) is 1.53. The summed E-state index contributed by atoms with van der Waals surface area (Å²) in [4.78, 5) is 8.51. The molecule has 0 saturated heterocycles. The van der Waals surface area contributed by atoms with Crippen molar-refractivity contribution in [2.45, 2.75) is 12.5 Å². The standard InChI is InChI=1S/C15H13ClN4O/c1-15(17,10-5-3-2-4-6-10)14-19-13(20-21-14)12-8-7-11(16)9-18-12/h2-9H,17H2,1H3. The Morgan fingerprint density at radius 3 is 2.57 bits per heavy atom. The Labute approximate surface area is 126 Å². The lowest BCUT2D eigenvalue weighted by Gasteiger charge is -2.20. The lowest BCUT2D eigenvalue weighted by molar-refractivity contribution is 0.325. The summed E-state index contributed by atoms with van der Waals surface area (Å²) in [5.41, 5.74) is 6.95. The third-order valence-corrected chi connectivity index (χ3v) is 3.42.